The normalized spacial score (nSPS) is 10.5. The van der Waals surface area contributed by atoms with E-state index in [-0.39, 0.29) is 6.61 Å². The zero-order valence-corrected chi connectivity index (χ0v) is 8.26. The number of rotatable bonds is 5. The van der Waals surface area contributed by atoms with Crippen LogP contribution in [0.25, 0.3) is 0 Å². The molecule has 0 bridgehead atoms. The second-order valence-corrected chi connectivity index (χ2v) is 4.52. The van der Waals surface area contributed by atoms with Crippen molar-refractivity contribution in [2.45, 2.75) is 13.3 Å². The molecule has 0 rings (SSSR count). The Hall–Kier alpha value is -1.02. The van der Waals surface area contributed by atoms with Gasteiger partial charge in [-0.1, -0.05) is 12.8 Å². The van der Waals surface area contributed by atoms with E-state index in [2.05, 4.69) is 4.74 Å². The first-order chi connectivity index (χ1) is 6.02. The Morgan fingerprint density at radius 3 is 2.62 bits per heavy atom. The first kappa shape index (κ1) is 12.0. The van der Waals surface area contributed by atoms with Gasteiger partial charge in [-0.15, -0.1) is 6.42 Å². The van der Waals surface area contributed by atoms with Crippen molar-refractivity contribution in [2.75, 3.05) is 18.1 Å². The van der Waals surface area contributed by atoms with Crippen LogP contribution < -0.4 is 0 Å². The summed E-state index contributed by atoms with van der Waals surface area (Å²) in [7, 11) is -3.47. The Balaban J connectivity index is 3.99. The molecule has 0 aromatic carbocycles. The fourth-order valence-corrected chi connectivity index (χ4v) is 1.41. The number of ether oxygens (including phenoxy) is 1. The van der Waals surface area contributed by atoms with E-state index >= 15 is 0 Å². The highest BCUT2D eigenvalue weighted by molar-refractivity contribution is 7.92. The Morgan fingerprint density at radius 2 is 2.15 bits per heavy atom. The van der Waals surface area contributed by atoms with Crippen molar-refractivity contribution in [1.29, 1.82) is 0 Å². The van der Waals surface area contributed by atoms with Crippen LogP contribution in [0.4, 0.5) is 0 Å². The molecule has 0 N–H and O–H groups in total. The third-order valence-electron chi connectivity index (χ3n) is 1.11. The molecule has 0 saturated heterocycles. The van der Waals surface area contributed by atoms with Gasteiger partial charge >= 0.3 is 5.97 Å². The Bertz CT molecular complexity index is 297. The minimum atomic E-state index is -3.47. The summed E-state index contributed by atoms with van der Waals surface area (Å²) >= 11 is 0. The molecule has 0 aromatic heterocycles. The number of esters is 1. The third-order valence-corrected chi connectivity index (χ3v) is 2.39. The molecule has 0 radical (unpaired) electrons. The van der Waals surface area contributed by atoms with Crippen molar-refractivity contribution in [2.24, 2.45) is 0 Å². The van der Waals surface area contributed by atoms with E-state index in [1.165, 1.54) is 0 Å². The average Bonchev–Trinajstić information content (AvgIpc) is 1.99. The minimum absolute atomic E-state index is 0.240. The lowest BCUT2D eigenvalue weighted by molar-refractivity contribution is -0.140. The van der Waals surface area contributed by atoms with Crippen LogP contribution in [0.5, 0.6) is 0 Å². The zero-order chi connectivity index (χ0) is 10.3. The second kappa shape index (κ2) is 5.60. The standard InChI is InChI=1S/C8H12O4S/c1-3-5-12-8(9)7-13(10,11)6-4-2/h2H,3,5-7H2,1H3. The fraction of sp³-hybridized carbons (Fsp3) is 0.625. The summed E-state index contributed by atoms with van der Waals surface area (Å²) in [6, 6.07) is 0. The van der Waals surface area contributed by atoms with Crippen LogP contribution >= 0.6 is 0 Å². The van der Waals surface area contributed by atoms with E-state index in [0.29, 0.717) is 6.42 Å². The van der Waals surface area contributed by atoms with E-state index in [9.17, 15) is 13.2 Å². The highest BCUT2D eigenvalue weighted by Crippen LogP contribution is 1.92. The number of sulfone groups is 1. The quantitative estimate of drug-likeness (QED) is 0.466. The summed E-state index contributed by atoms with van der Waals surface area (Å²) in [6.45, 7) is 2.06. The highest BCUT2D eigenvalue weighted by Gasteiger charge is 2.15. The molecule has 0 aliphatic rings. The fourth-order valence-electron chi connectivity index (χ4n) is 0.615. The molecule has 13 heavy (non-hydrogen) atoms. The van der Waals surface area contributed by atoms with Crippen molar-refractivity contribution < 1.29 is 17.9 Å². The molecular formula is C8H12O4S. The predicted molar refractivity (Wildman–Crippen MR) is 48.7 cm³/mol. The molecule has 0 heterocycles. The van der Waals surface area contributed by atoms with E-state index in [0.717, 1.165) is 0 Å². The molecular weight excluding hydrogens is 192 g/mol. The first-order valence-corrected chi connectivity index (χ1v) is 5.63. The van der Waals surface area contributed by atoms with Gasteiger partial charge in [-0.3, -0.25) is 4.79 Å². The molecule has 0 amide bonds. The van der Waals surface area contributed by atoms with Crippen molar-refractivity contribution in [3.8, 4) is 12.3 Å². The monoisotopic (exact) mass is 204 g/mol. The predicted octanol–water partition coefficient (Wildman–Crippen LogP) is -0.0124. The number of carbonyl (C=O) groups is 1. The zero-order valence-electron chi connectivity index (χ0n) is 7.45. The summed E-state index contributed by atoms with van der Waals surface area (Å²) in [5, 5.41) is 0. The van der Waals surface area contributed by atoms with E-state index in [1.54, 1.807) is 0 Å². The van der Waals surface area contributed by atoms with Gasteiger partial charge in [0.2, 0.25) is 0 Å². The highest BCUT2D eigenvalue weighted by atomic mass is 32.2. The summed E-state index contributed by atoms with van der Waals surface area (Å²) in [4.78, 5) is 10.8. The molecule has 5 heteroatoms. The molecule has 0 aromatic rings. The lowest BCUT2D eigenvalue weighted by Gasteiger charge is -2.01. The van der Waals surface area contributed by atoms with Crippen LogP contribution in [-0.4, -0.2) is 32.5 Å². The van der Waals surface area contributed by atoms with Gasteiger partial charge in [0.15, 0.2) is 9.84 Å². The van der Waals surface area contributed by atoms with Crippen LogP contribution in [0.15, 0.2) is 0 Å². The lowest BCUT2D eigenvalue weighted by Crippen LogP contribution is -2.20. The maximum atomic E-state index is 11.0. The molecule has 0 saturated carbocycles. The van der Waals surface area contributed by atoms with Crippen LogP contribution in [0.3, 0.4) is 0 Å². The number of carbonyl (C=O) groups excluding carboxylic acids is 1. The van der Waals surface area contributed by atoms with Crippen LogP contribution in [0, 0.1) is 12.3 Å². The van der Waals surface area contributed by atoms with E-state index < -0.39 is 27.3 Å². The van der Waals surface area contributed by atoms with Gasteiger partial charge in [-0.2, -0.15) is 0 Å². The largest absolute Gasteiger partial charge is 0.465 e. The van der Waals surface area contributed by atoms with Crippen molar-refractivity contribution >= 4 is 15.8 Å². The SMILES string of the molecule is C#CCS(=O)(=O)CC(=O)OCCC. The number of terminal acetylenes is 1. The van der Waals surface area contributed by atoms with Crippen molar-refractivity contribution in [3.63, 3.8) is 0 Å². The molecule has 0 atom stereocenters. The summed E-state index contributed by atoms with van der Waals surface area (Å²) in [5.74, 6) is 0.185. The summed E-state index contributed by atoms with van der Waals surface area (Å²) in [6.07, 6.45) is 5.48. The molecule has 0 spiro atoms. The third kappa shape index (κ3) is 6.17. The van der Waals surface area contributed by atoms with E-state index in [1.807, 2.05) is 12.8 Å². The van der Waals surface area contributed by atoms with Gasteiger partial charge in [-0.25, -0.2) is 8.42 Å². The van der Waals surface area contributed by atoms with Gasteiger partial charge in [-0.05, 0) is 6.42 Å². The molecule has 74 valence electrons. The van der Waals surface area contributed by atoms with Gasteiger partial charge in [0.25, 0.3) is 0 Å². The van der Waals surface area contributed by atoms with Gasteiger partial charge in [0, 0.05) is 0 Å². The Morgan fingerprint density at radius 1 is 1.54 bits per heavy atom. The minimum Gasteiger partial charge on any atom is -0.465 e. The summed E-state index contributed by atoms with van der Waals surface area (Å²) in [5.41, 5.74) is 0. The summed E-state index contributed by atoms with van der Waals surface area (Å²) < 4.78 is 26.5. The Kier molecular flexibility index (Phi) is 5.16. The number of hydrogen-bond acceptors (Lipinski definition) is 4. The van der Waals surface area contributed by atoms with Crippen LogP contribution in [0.1, 0.15) is 13.3 Å². The maximum absolute atomic E-state index is 11.0. The topological polar surface area (TPSA) is 60.4 Å². The van der Waals surface area contributed by atoms with Crippen LogP contribution in [0.2, 0.25) is 0 Å². The first-order valence-electron chi connectivity index (χ1n) is 3.81. The number of hydrogen-bond donors (Lipinski definition) is 0. The van der Waals surface area contributed by atoms with E-state index in [4.69, 9.17) is 6.42 Å². The van der Waals surface area contributed by atoms with Gasteiger partial charge in [0.1, 0.15) is 11.5 Å². The molecule has 0 aliphatic heterocycles. The smallest absolute Gasteiger partial charge is 0.321 e. The molecule has 0 fully saturated rings. The van der Waals surface area contributed by atoms with Crippen molar-refractivity contribution in [1.82, 2.24) is 0 Å². The molecule has 4 nitrogen and oxygen atoms in total. The molecule has 0 unspecified atom stereocenters. The second-order valence-electron chi connectivity index (χ2n) is 2.46. The van der Waals surface area contributed by atoms with Crippen LogP contribution in [-0.2, 0) is 19.4 Å². The van der Waals surface area contributed by atoms with Crippen molar-refractivity contribution in [3.05, 3.63) is 0 Å². The molecule has 0 aliphatic carbocycles. The lowest BCUT2D eigenvalue weighted by atomic mass is 10.5. The Labute approximate surface area is 78.2 Å². The van der Waals surface area contributed by atoms with Gasteiger partial charge < -0.3 is 4.74 Å². The average molecular weight is 204 g/mol. The maximum Gasteiger partial charge on any atom is 0.321 e. The van der Waals surface area contributed by atoms with Gasteiger partial charge in [0.05, 0.1) is 6.61 Å².